The summed E-state index contributed by atoms with van der Waals surface area (Å²) in [4.78, 5) is 27.3. The lowest BCUT2D eigenvalue weighted by Gasteiger charge is -2.34. The molecule has 1 unspecified atom stereocenters. The number of ether oxygens (including phenoxy) is 2. The Morgan fingerprint density at radius 3 is 2.58 bits per heavy atom. The topological polar surface area (TPSA) is 67.9 Å². The van der Waals surface area contributed by atoms with Crippen molar-refractivity contribution >= 4 is 17.9 Å². The molecule has 4 rings (SSSR count). The highest BCUT2D eigenvalue weighted by Gasteiger charge is 2.28. The highest BCUT2D eigenvalue weighted by atomic mass is 16.7. The smallest absolute Gasteiger partial charge is 0.244 e. The molecule has 0 aromatic heterocycles. The van der Waals surface area contributed by atoms with Crippen molar-refractivity contribution in [1.29, 1.82) is 0 Å². The average molecular weight is 421 g/mol. The first-order chi connectivity index (χ1) is 15.1. The Bertz CT molecular complexity index is 949. The maximum Gasteiger partial charge on any atom is 0.244 e. The van der Waals surface area contributed by atoms with Crippen LogP contribution in [0, 0.1) is 0 Å². The van der Waals surface area contributed by atoms with Gasteiger partial charge in [-0.2, -0.15) is 0 Å². The SMILES string of the molecule is CCC(C(=O)N1CCC(NC(=O)/C=C/c2ccc3c(c2)OCO3)CC1)c1ccccc1. The highest BCUT2D eigenvalue weighted by molar-refractivity contribution is 5.92. The van der Waals surface area contributed by atoms with E-state index in [4.69, 9.17) is 9.47 Å². The number of benzene rings is 2. The van der Waals surface area contributed by atoms with Crippen LogP contribution in [-0.4, -0.2) is 42.6 Å². The molecule has 1 atom stereocenters. The lowest BCUT2D eigenvalue weighted by molar-refractivity contribution is -0.134. The van der Waals surface area contributed by atoms with E-state index in [0.717, 1.165) is 36.1 Å². The van der Waals surface area contributed by atoms with Crippen LogP contribution in [0.1, 0.15) is 43.2 Å². The van der Waals surface area contributed by atoms with Crippen molar-refractivity contribution in [2.45, 2.75) is 38.1 Å². The van der Waals surface area contributed by atoms with Crippen LogP contribution in [-0.2, 0) is 9.59 Å². The van der Waals surface area contributed by atoms with Gasteiger partial charge < -0.3 is 19.7 Å². The van der Waals surface area contributed by atoms with Gasteiger partial charge in [0.25, 0.3) is 0 Å². The van der Waals surface area contributed by atoms with Crippen molar-refractivity contribution < 1.29 is 19.1 Å². The van der Waals surface area contributed by atoms with Gasteiger partial charge in [0.2, 0.25) is 18.6 Å². The van der Waals surface area contributed by atoms with Crippen molar-refractivity contribution in [3.63, 3.8) is 0 Å². The number of likely N-dealkylation sites (tertiary alicyclic amines) is 1. The van der Waals surface area contributed by atoms with Crippen molar-refractivity contribution in [2.24, 2.45) is 0 Å². The van der Waals surface area contributed by atoms with E-state index in [1.807, 2.05) is 53.4 Å². The van der Waals surface area contributed by atoms with Gasteiger partial charge in [-0.15, -0.1) is 0 Å². The summed E-state index contributed by atoms with van der Waals surface area (Å²) in [5.74, 6) is 1.37. The maximum atomic E-state index is 13.0. The summed E-state index contributed by atoms with van der Waals surface area (Å²) >= 11 is 0. The normalized spacial score (nSPS) is 17.0. The zero-order chi connectivity index (χ0) is 21.6. The van der Waals surface area contributed by atoms with E-state index in [2.05, 4.69) is 12.2 Å². The van der Waals surface area contributed by atoms with E-state index in [0.29, 0.717) is 18.8 Å². The summed E-state index contributed by atoms with van der Waals surface area (Å²) in [7, 11) is 0. The molecule has 2 heterocycles. The van der Waals surface area contributed by atoms with E-state index < -0.39 is 0 Å². The zero-order valence-electron chi connectivity index (χ0n) is 17.8. The molecule has 2 aliphatic heterocycles. The molecule has 162 valence electrons. The van der Waals surface area contributed by atoms with E-state index in [9.17, 15) is 9.59 Å². The monoisotopic (exact) mass is 420 g/mol. The molecule has 0 aliphatic carbocycles. The van der Waals surface area contributed by atoms with Crippen molar-refractivity contribution in [1.82, 2.24) is 10.2 Å². The fourth-order valence-corrected chi connectivity index (χ4v) is 4.14. The fourth-order valence-electron chi connectivity index (χ4n) is 4.14. The molecule has 6 heteroatoms. The molecule has 2 aliphatic rings. The Morgan fingerprint density at radius 2 is 1.84 bits per heavy atom. The van der Waals surface area contributed by atoms with Crippen molar-refractivity contribution in [3.8, 4) is 11.5 Å². The second kappa shape index (κ2) is 9.69. The molecule has 0 spiro atoms. The van der Waals surface area contributed by atoms with Gasteiger partial charge in [-0.1, -0.05) is 43.3 Å². The number of fused-ring (bicyclic) bond motifs is 1. The predicted octanol–water partition coefficient (Wildman–Crippen LogP) is 3.73. The Labute approximate surface area is 182 Å². The summed E-state index contributed by atoms with van der Waals surface area (Å²) in [6.45, 7) is 3.61. The second-order valence-corrected chi connectivity index (χ2v) is 7.93. The van der Waals surface area contributed by atoms with Gasteiger partial charge in [0.15, 0.2) is 11.5 Å². The van der Waals surface area contributed by atoms with Gasteiger partial charge in [0.1, 0.15) is 0 Å². The van der Waals surface area contributed by atoms with Gasteiger partial charge in [-0.05, 0) is 48.6 Å². The Hall–Kier alpha value is -3.28. The molecule has 0 radical (unpaired) electrons. The summed E-state index contributed by atoms with van der Waals surface area (Å²) in [5, 5.41) is 3.06. The van der Waals surface area contributed by atoms with Crippen LogP contribution in [0.25, 0.3) is 6.08 Å². The molecule has 0 bridgehead atoms. The Kier molecular flexibility index (Phi) is 6.55. The van der Waals surface area contributed by atoms with Crippen LogP contribution < -0.4 is 14.8 Å². The van der Waals surface area contributed by atoms with Crippen LogP contribution in [0.5, 0.6) is 11.5 Å². The molecule has 31 heavy (non-hydrogen) atoms. The van der Waals surface area contributed by atoms with Gasteiger partial charge >= 0.3 is 0 Å². The Morgan fingerprint density at radius 1 is 1.10 bits per heavy atom. The first-order valence-electron chi connectivity index (χ1n) is 10.9. The molecular formula is C25H28N2O4. The van der Waals surface area contributed by atoms with Crippen LogP contribution in [0.3, 0.4) is 0 Å². The standard InChI is InChI=1S/C25H28N2O4/c1-2-21(19-6-4-3-5-7-19)25(29)27-14-12-20(13-15-27)26-24(28)11-9-18-8-10-22-23(16-18)31-17-30-22/h3-11,16,20-21H,2,12-15,17H2,1H3,(H,26,28)/b11-9+. The molecule has 2 aromatic rings. The van der Waals surface area contributed by atoms with Gasteiger partial charge in [-0.25, -0.2) is 0 Å². The number of rotatable bonds is 6. The molecule has 2 aromatic carbocycles. The van der Waals surface area contributed by atoms with Crippen LogP contribution >= 0.6 is 0 Å². The summed E-state index contributed by atoms with van der Waals surface area (Å²) in [5.41, 5.74) is 1.95. The highest BCUT2D eigenvalue weighted by Crippen LogP contribution is 2.32. The molecule has 0 saturated carbocycles. The molecular weight excluding hydrogens is 392 g/mol. The van der Waals surface area contributed by atoms with Gasteiger partial charge in [0, 0.05) is 25.2 Å². The third-order valence-electron chi connectivity index (χ3n) is 5.89. The molecule has 1 fully saturated rings. The fraction of sp³-hybridized carbons (Fsp3) is 0.360. The number of carbonyl (C=O) groups is 2. The third kappa shape index (κ3) is 5.08. The number of hydrogen-bond donors (Lipinski definition) is 1. The second-order valence-electron chi connectivity index (χ2n) is 7.93. The van der Waals surface area contributed by atoms with Crippen molar-refractivity contribution in [3.05, 3.63) is 65.7 Å². The third-order valence-corrected chi connectivity index (χ3v) is 5.89. The van der Waals surface area contributed by atoms with Crippen LogP contribution in [0.2, 0.25) is 0 Å². The minimum Gasteiger partial charge on any atom is -0.454 e. The first kappa shape index (κ1) is 21.0. The number of carbonyl (C=O) groups excluding carboxylic acids is 2. The van der Waals surface area contributed by atoms with E-state index in [1.165, 1.54) is 6.08 Å². The first-order valence-corrected chi connectivity index (χ1v) is 10.9. The lowest BCUT2D eigenvalue weighted by Crippen LogP contribution is -2.47. The largest absolute Gasteiger partial charge is 0.454 e. The molecule has 6 nitrogen and oxygen atoms in total. The van der Waals surface area contributed by atoms with E-state index >= 15 is 0 Å². The summed E-state index contributed by atoms with van der Waals surface area (Å²) < 4.78 is 10.7. The number of nitrogens with zero attached hydrogens (tertiary/aromatic N) is 1. The number of amides is 2. The minimum absolute atomic E-state index is 0.0785. The Balaban J connectivity index is 1.27. The zero-order valence-corrected chi connectivity index (χ0v) is 17.8. The van der Waals surface area contributed by atoms with E-state index in [1.54, 1.807) is 6.08 Å². The van der Waals surface area contributed by atoms with E-state index in [-0.39, 0.29) is 30.6 Å². The lowest BCUT2D eigenvalue weighted by atomic mass is 9.93. The number of hydrogen-bond acceptors (Lipinski definition) is 4. The van der Waals surface area contributed by atoms with Crippen molar-refractivity contribution in [2.75, 3.05) is 19.9 Å². The molecule has 2 amide bonds. The minimum atomic E-state index is -0.127. The number of nitrogens with one attached hydrogen (secondary N) is 1. The van der Waals surface area contributed by atoms with Gasteiger partial charge in [0.05, 0.1) is 5.92 Å². The van der Waals surface area contributed by atoms with Crippen LogP contribution in [0.15, 0.2) is 54.6 Å². The van der Waals surface area contributed by atoms with Gasteiger partial charge in [-0.3, -0.25) is 9.59 Å². The molecule has 1 saturated heterocycles. The maximum absolute atomic E-state index is 13.0. The van der Waals surface area contributed by atoms with Crippen LogP contribution in [0.4, 0.5) is 0 Å². The molecule has 1 N–H and O–H groups in total. The quantitative estimate of drug-likeness (QED) is 0.723. The summed E-state index contributed by atoms with van der Waals surface area (Å²) in [6, 6.07) is 15.6. The average Bonchev–Trinajstić information content (AvgIpc) is 3.27. The predicted molar refractivity (Wildman–Crippen MR) is 119 cm³/mol. The summed E-state index contributed by atoms with van der Waals surface area (Å²) in [6.07, 6.45) is 5.62. The number of piperidine rings is 1.